The summed E-state index contributed by atoms with van der Waals surface area (Å²) in [6, 6.07) is 6.67. The number of nitrogens with zero attached hydrogens (tertiary/aromatic N) is 3. The van der Waals surface area contributed by atoms with E-state index in [1.165, 1.54) is 18.4 Å². The van der Waals surface area contributed by atoms with Gasteiger partial charge in [-0.15, -0.1) is 5.10 Å². The topological polar surface area (TPSA) is 42.7 Å². The molecule has 1 saturated carbocycles. The summed E-state index contributed by atoms with van der Waals surface area (Å²) >= 11 is 6.09. The Bertz CT molecular complexity index is 560. The van der Waals surface area contributed by atoms with Gasteiger partial charge in [0.1, 0.15) is 0 Å². The lowest BCUT2D eigenvalue weighted by Crippen LogP contribution is -2.16. The van der Waals surface area contributed by atoms with Crippen molar-refractivity contribution >= 4 is 11.6 Å². The van der Waals surface area contributed by atoms with E-state index in [2.05, 4.69) is 21.7 Å². The first kappa shape index (κ1) is 11.7. The van der Waals surface area contributed by atoms with Crippen LogP contribution in [0.15, 0.2) is 24.4 Å². The van der Waals surface area contributed by atoms with E-state index >= 15 is 0 Å². The maximum atomic E-state index is 6.09. The van der Waals surface area contributed by atoms with Crippen molar-refractivity contribution in [3.63, 3.8) is 0 Å². The van der Waals surface area contributed by atoms with Crippen LogP contribution in [0.5, 0.6) is 0 Å². The quantitative estimate of drug-likeness (QED) is 0.920. The summed E-state index contributed by atoms with van der Waals surface area (Å²) in [5.74, 6) is 0. The summed E-state index contributed by atoms with van der Waals surface area (Å²) in [6.45, 7) is 0.863. The molecular weight excluding hydrogens is 248 g/mol. The lowest BCUT2D eigenvalue weighted by molar-refractivity contribution is 0.686. The lowest BCUT2D eigenvalue weighted by atomic mass is 10.0. The van der Waals surface area contributed by atoms with Gasteiger partial charge in [0.2, 0.25) is 0 Å². The van der Waals surface area contributed by atoms with E-state index in [1.54, 1.807) is 10.9 Å². The molecule has 1 aromatic carbocycles. The van der Waals surface area contributed by atoms with Crippen LogP contribution in [0.4, 0.5) is 0 Å². The maximum absolute atomic E-state index is 6.09. The number of nitrogens with one attached hydrogen (secondary N) is 1. The fraction of sp³-hybridized carbons (Fsp3) is 0.385. The summed E-state index contributed by atoms with van der Waals surface area (Å²) < 4.78 is 1.77. The van der Waals surface area contributed by atoms with Crippen LogP contribution < -0.4 is 5.32 Å². The van der Waals surface area contributed by atoms with Crippen molar-refractivity contribution in [3.05, 3.63) is 35.0 Å². The zero-order valence-electron chi connectivity index (χ0n) is 10.2. The molecule has 0 bridgehead atoms. The monoisotopic (exact) mass is 262 g/mol. The third kappa shape index (κ3) is 2.40. The highest BCUT2D eigenvalue weighted by molar-refractivity contribution is 6.30. The second kappa shape index (κ2) is 4.71. The van der Waals surface area contributed by atoms with E-state index in [0.717, 1.165) is 22.8 Å². The minimum Gasteiger partial charge on any atom is -0.310 e. The lowest BCUT2D eigenvalue weighted by Gasteiger charge is -2.10. The fourth-order valence-corrected chi connectivity index (χ4v) is 2.19. The van der Waals surface area contributed by atoms with Crippen molar-refractivity contribution in [2.24, 2.45) is 7.05 Å². The molecule has 0 saturated heterocycles. The average molecular weight is 263 g/mol. The van der Waals surface area contributed by atoms with Crippen LogP contribution in [-0.4, -0.2) is 21.0 Å². The van der Waals surface area contributed by atoms with Gasteiger partial charge in [-0.2, -0.15) is 0 Å². The van der Waals surface area contributed by atoms with Gasteiger partial charge in [0.15, 0.2) is 0 Å². The second-order valence-corrected chi connectivity index (χ2v) is 5.14. The summed E-state index contributed by atoms with van der Waals surface area (Å²) in [5, 5.41) is 12.2. The Morgan fingerprint density at radius 3 is 2.94 bits per heavy atom. The van der Waals surface area contributed by atoms with Gasteiger partial charge in [0, 0.05) is 30.2 Å². The Kier molecular flexibility index (Phi) is 3.06. The second-order valence-electron chi connectivity index (χ2n) is 4.70. The summed E-state index contributed by atoms with van der Waals surface area (Å²) in [6.07, 6.45) is 4.35. The number of hydrogen-bond acceptors (Lipinski definition) is 3. The molecule has 0 unspecified atom stereocenters. The molecule has 1 fully saturated rings. The van der Waals surface area contributed by atoms with Gasteiger partial charge in [0.05, 0.1) is 11.9 Å². The van der Waals surface area contributed by atoms with Crippen LogP contribution >= 0.6 is 11.6 Å². The third-order valence-corrected chi connectivity index (χ3v) is 3.46. The third-order valence-electron chi connectivity index (χ3n) is 3.22. The van der Waals surface area contributed by atoms with Crippen molar-refractivity contribution in [1.82, 2.24) is 20.3 Å². The standard InChI is InChI=1S/C13H15ClN4/c1-18-13(8-16-17-18)12-6-10(14)3-2-9(12)7-15-11-4-5-11/h2-3,6,8,11,15H,4-5,7H2,1H3. The van der Waals surface area contributed by atoms with Gasteiger partial charge in [0.25, 0.3) is 0 Å². The zero-order valence-corrected chi connectivity index (χ0v) is 11.0. The van der Waals surface area contributed by atoms with Gasteiger partial charge < -0.3 is 5.32 Å². The largest absolute Gasteiger partial charge is 0.310 e. The molecule has 0 atom stereocenters. The number of rotatable bonds is 4. The first-order valence-electron chi connectivity index (χ1n) is 6.11. The van der Waals surface area contributed by atoms with E-state index in [4.69, 9.17) is 11.6 Å². The number of aromatic nitrogens is 3. The molecule has 94 valence electrons. The van der Waals surface area contributed by atoms with Gasteiger partial charge in [-0.1, -0.05) is 22.9 Å². The van der Waals surface area contributed by atoms with Crippen LogP contribution in [0.3, 0.4) is 0 Å². The average Bonchev–Trinajstić information content (AvgIpc) is 3.09. The molecule has 3 rings (SSSR count). The highest BCUT2D eigenvalue weighted by Crippen LogP contribution is 2.27. The van der Waals surface area contributed by atoms with Crippen LogP contribution in [0, 0.1) is 0 Å². The molecule has 5 heteroatoms. The first-order valence-corrected chi connectivity index (χ1v) is 6.48. The van der Waals surface area contributed by atoms with Crippen LogP contribution in [0.2, 0.25) is 5.02 Å². The molecule has 1 aliphatic carbocycles. The smallest absolute Gasteiger partial charge is 0.0885 e. The van der Waals surface area contributed by atoms with E-state index in [-0.39, 0.29) is 0 Å². The van der Waals surface area contributed by atoms with Crippen LogP contribution in [-0.2, 0) is 13.6 Å². The minimum absolute atomic E-state index is 0.693. The van der Waals surface area contributed by atoms with Crippen molar-refractivity contribution in [2.45, 2.75) is 25.4 Å². The maximum Gasteiger partial charge on any atom is 0.0885 e. The molecular formula is C13H15ClN4. The van der Waals surface area contributed by atoms with Crippen molar-refractivity contribution in [1.29, 1.82) is 0 Å². The van der Waals surface area contributed by atoms with E-state index in [1.807, 2.05) is 19.2 Å². The number of benzene rings is 1. The normalized spacial score (nSPS) is 15.0. The number of hydrogen-bond donors (Lipinski definition) is 1. The van der Waals surface area contributed by atoms with Crippen molar-refractivity contribution in [3.8, 4) is 11.3 Å². The highest BCUT2D eigenvalue weighted by Gasteiger charge is 2.21. The number of halogens is 1. The number of aryl methyl sites for hydroxylation is 1. The predicted octanol–water partition coefficient (Wildman–Crippen LogP) is 2.39. The Balaban J connectivity index is 1.94. The van der Waals surface area contributed by atoms with Crippen molar-refractivity contribution < 1.29 is 0 Å². The van der Waals surface area contributed by atoms with Gasteiger partial charge in [-0.05, 0) is 30.5 Å². The molecule has 1 N–H and O–H groups in total. The molecule has 1 aliphatic rings. The first-order chi connectivity index (χ1) is 8.74. The SMILES string of the molecule is Cn1nncc1-c1cc(Cl)ccc1CNC1CC1. The molecule has 0 amide bonds. The van der Waals surface area contributed by atoms with Gasteiger partial charge >= 0.3 is 0 Å². The van der Waals surface area contributed by atoms with E-state index < -0.39 is 0 Å². The van der Waals surface area contributed by atoms with Crippen LogP contribution in [0.1, 0.15) is 18.4 Å². The zero-order chi connectivity index (χ0) is 12.5. The molecule has 1 heterocycles. The van der Waals surface area contributed by atoms with Gasteiger partial charge in [-0.3, -0.25) is 0 Å². The Labute approximate surface area is 111 Å². The van der Waals surface area contributed by atoms with Gasteiger partial charge in [-0.25, -0.2) is 4.68 Å². The minimum atomic E-state index is 0.693. The molecule has 4 nitrogen and oxygen atoms in total. The molecule has 0 spiro atoms. The molecule has 2 aromatic rings. The molecule has 0 aliphatic heterocycles. The highest BCUT2D eigenvalue weighted by atomic mass is 35.5. The predicted molar refractivity (Wildman–Crippen MR) is 71.3 cm³/mol. The molecule has 0 radical (unpaired) electrons. The summed E-state index contributed by atoms with van der Waals surface area (Å²) in [7, 11) is 1.89. The molecule has 1 aromatic heterocycles. The van der Waals surface area contributed by atoms with E-state index in [9.17, 15) is 0 Å². The Hall–Kier alpha value is -1.39. The van der Waals surface area contributed by atoms with Crippen molar-refractivity contribution in [2.75, 3.05) is 0 Å². The fourth-order valence-electron chi connectivity index (χ4n) is 2.02. The summed E-state index contributed by atoms with van der Waals surface area (Å²) in [5.41, 5.74) is 3.32. The Morgan fingerprint density at radius 2 is 2.28 bits per heavy atom. The summed E-state index contributed by atoms with van der Waals surface area (Å²) in [4.78, 5) is 0. The van der Waals surface area contributed by atoms with E-state index in [0.29, 0.717) is 6.04 Å². The molecule has 18 heavy (non-hydrogen) atoms. The Morgan fingerprint density at radius 1 is 1.44 bits per heavy atom. The van der Waals surface area contributed by atoms with Crippen LogP contribution in [0.25, 0.3) is 11.3 Å².